The zero-order valence-corrected chi connectivity index (χ0v) is 16.1. The lowest BCUT2D eigenvalue weighted by molar-refractivity contribution is -0.118. The van der Waals surface area contributed by atoms with E-state index in [1.54, 1.807) is 12.0 Å². The van der Waals surface area contributed by atoms with E-state index in [9.17, 15) is 9.59 Å². The Morgan fingerprint density at radius 3 is 2.44 bits per heavy atom. The maximum Gasteiger partial charge on any atom is 0.227 e. The predicted octanol–water partition coefficient (Wildman–Crippen LogP) is 3.35. The molecule has 1 atom stereocenters. The molecule has 1 heterocycles. The van der Waals surface area contributed by atoms with Crippen LogP contribution in [-0.2, 0) is 4.79 Å². The van der Waals surface area contributed by atoms with Gasteiger partial charge in [0, 0.05) is 31.0 Å². The highest BCUT2D eigenvalue weighted by molar-refractivity contribution is 6.10. The number of nitrogens with zero attached hydrogens (tertiary/aromatic N) is 2. The van der Waals surface area contributed by atoms with Gasteiger partial charge in [-0.2, -0.15) is 0 Å². The van der Waals surface area contributed by atoms with Crippen molar-refractivity contribution in [1.29, 1.82) is 0 Å². The monoisotopic (exact) mass is 366 g/mol. The van der Waals surface area contributed by atoms with E-state index in [0.29, 0.717) is 30.6 Å². The molecule has 2 aromatic carbocycles. The normalized spacial score (nSPS) is 17.5. The number of methoxy groups -OCH3 is 1. The van der Waals surface area contributed by atoms with E-state index in [4.69, 9.17) is 4.74 Å². The number of rotatable bonds is 5. The number of amides is 1. The fraction of sp³-hybridized carbons (Fsp3) is 0.364. The van der Waals surface area contributed by atoms with Gasteiger partial charge in [-0.25, -0.2) is 0 Å². The molecule has 27 heavy (non-hydrogen) atoms. The number of anilines is 1. The molecule has 1 amide bonds. The van der Waals surface area contributed by atoms with Crippen LogP contribution in [0.1, 0.15) is 34.7 Å². The first kappa shape index (κ1) is 19.1. The van der Waals surface area contributed by atoms with Gasteiger partial charge in [0.15, 0.2) is 5.78 Å². The first-order valence-electron chi connectivity index (χ1n) is 9.23. The van der Waals surface area contributed by atoms with Crippen LogP contribution in [0.15, 0.2) is 48.5 Å². The Kier molecular flexibility index (Phi) is 5.91. The maximum atomic E-state index is 13.4. The van der Waals surface area contributed by atoms with Gasteiger partial charge in [0.1, 0.15) is 5.75 Å². The first-order valence-corrected chi connectivity index (χ1v) is 9.23. The number of benzene rings is 2. The zero-order valence-electron chi connectivity index (χ0n) is 16.1. The fourth-order valence-electron chi connectivity index (χ4n) is 3.47. The van der Waals surface area contributed by atoms with Gasteiger partial charge in [0.05, 0.1) is 12.8 Å². The van der Waals surface area contributed by atoms with Gasteiger partial charge >= 0.3 is 0 Å². The second-order valence-corrected chi connectivity index (χ2v) is 7.09. The molecular weight excluding hydrogens is 340 g/mol. The highest BCUT2D eigenvalue weighted by Gasteiger charge is 2.31. The Balaban J connectivity index is 1.98. The molecule has 142 valence electrons. The van der Waals surface area contributed by atoms with Crippen LogP contribution in [0.4, 0.5) is 5.69 Å². The van der Waals surface area contributed by atoms with Crippen molar-refractivity contribution in [1.82, 2.24) is 4.90 Å². The van der Waals surface area contributed by atoms with E-state index in [1.165, 1.54) is 0 Å². The van der Waals surface area contributed by atoms with Crippen LogP contribution in [-0.4, -0.2) is 50.9 Å². The van der Waals surface area contributed by atoms with Crippen molar-refractivity contribution < 1.29 is 14.3 Å². The van der Waals surface area contributed by atoms with Crippen LogP contribution in [0, 0.1) is 0 Å². The molecule has 0 radical (unpaired) electrons. The van der Waals surface area contributed by atoms with E-state index < -0.39 is 0 Å². The standard InChI is InChI=1S/C22H26N2O3/c1-23(2)14-15-24-20-7-5-4-6-19(20)22(26)18(12-13-21(24)25)16-8-10-17(27-3)11-9-16/h4-11,18H,12-15H2,1-3H3. The van der Waals surface area contributed by atoms with Crippen LogP contribution >= 0.6 is 0 Å². The Morgan fingerprint density at radius 2 is 1.78 bits per heavy atom. The molecule has 1 unspecified atom stereocenters. The summed E-state index contributed by atoms with van der Waals surface area (Å²) in [5, 5.41) is 0. The molecule has 3 rings (SSSR count). The molecule has 0 saturated carbocycles. The lowest BCUT2D eigenvalue weighted by Crippen LogP contribution is -2.39. The second-order valence-electron chi connectivity index (χ2n) is 7.09. The minimum Gasteiger partial charge on any atom is -0.497 e. The number of para-hydroxylation sites is 1. The third kappa shape index (κ3) is 4.19. The van der Waals surface area contributed by atoms with Crippen molar-refractivity contribution in [2.75, 3.05) is 39.2 Å². The van der Waals surface area contributed by atoms with Crippen molar-refractivity contribution in [3.05, 3.63) is 59.7 Å². The summed E-state index contributed by atoms with van der Waals surface area (Å²) in [6.45, 7) is 1.32. The highest BCUT2D eigenvalue weighted by Crippen LogP contribution is 2.34. The van der Waals surface area contributed by atoms with Crippen LogP contribution in [0.3, 0.4) is 0 Å². The van der Waals surface area contributed by atoms with Crippen molar-refractivity contribution >= 4 is 17.4 Å². The molecule has 1 aliphatic heterocycles. The molecule has 1 aliphatic rings. The quantitative estimate of drug-likeness (QED) is 0.814. The van der Waals surface area contributed by atoms with E-state index in [1.807, 2.05) is 67.5 Å². The third-order valence-electron chi connectivity index (χ3n) is 5.01. The SMILES string of the molecule is COc1ccc(C2CCC(=O)N(CCN(C)C)c3ccccc3C2=O)cc1. The van der Waals surface area contributed by atoms with Crippen LogP contribution < -0.4 is 9.64 Å². The molecule has 0 N–H and O–H groups in total. The van der Waals surface area contributed by atoms with Crippen molar-refractivity contribution in [3.63, 3.8) is 0 Å². The molecular formula is C22H26N2O3. The van der Waals surface area contributed by atoms with E-state index in [2.05, 4.69) is 0 Å². The lowest BCUT2D eigenvalue weighted by Gasteiger charge is -2.30. The number of fused-ring (bicyclic) bond motifs is 1. The van der Waals surface area contributed by atoms with Crippen molar-refractivity contribution in [2.45, 2.75) is 18.8 Å². The Labute approximate surface area is 160 Å². The largest absolute Gasteiger partial charge is 0.497 e. The molecule has 0 fully saturated rings. The number of likely N-dealkylation sites (N-methyl/N-ethyl adjacent to an activating group) is 1. The summed E-state index contributed by atoms with van der Waals surface area (Å²) in [7, 11) is 5.57. The van der Waals surface area contributed by atoms with Crippen molar-refractivity contribution in [3.8, 4) is 5.75 Å². The summed E-state index contributed by atoms with van der Waals surface area (Å²) < 4.78 is 5.21. The molecule has 0 saturated heterocycles. The molecule has 2 aromatic rings. The second kappa shape index (κ2) is 8.35. The van der Waals surface area contributed by atoms with Gasteiger partial charge in [-0.3, -0.25) is 9.59 Å². The summed E-state index contributed by atoms with van der Waals surface area (Å²) >= 11 is 0. The minimum absolute atomic E-state index is 0.0651. The summed E-state index contributed by atoms with van der Waals surface area (Å²) in [5.41, 5.74) is 2.25. The number of carbonyl (C=O) groups is 2. The summed E-state index contributed by atoms with van der Waals surface area (Å²) in [6.07, 6.45) is 0.862. The molecule has 0 bridgehead atoms. The minimum atomic E-state index is -0.322. The van der Waals surface area contributed by atoms with E-state index in [-0.39, 0.29) is 17.6 Å². The predicted molar refractivity (Wildman–Crippen MR) is 107 cm³/mol. The third-order valence-corrected chi connectivity index (χ3v) is 5.01. The Hall–Kier alpha value is -2.66. The summed E-state index contributed by atoms with van der Waals surface area (Å²) in [6, 6.07) is 15.0. The number of Topliss-reactive ketones (excluding diaryl/α,β-unsaturated/α-hetero) is 1. The number of carbonyl (C=O) groups excluding carboxylic acids is 2. The number of ether oxygens (including phenoxy) is 1. The van der Waals surface area contributed by atoms with Gasteiger partial charge in [0.25, 0.3) is 0 Å². The fourth-order valence-corrected chi connectivity index (χ4v) is 3.47. The molecule has 5 nitrogen and oxygen atoms in total. The van der Waals surface area contributed by atoms with Crippen LogP contribution in [0.25, 0.3) is 0 Å². The molecule has 0 spiro atoms. The topological polar surface area (TPSA) is 49.9 Å². The van der Waals surface area contributed by atoms with Gasteiger partial charge in [-0.1, -0.05) is 24.3 Å². The van der Waals surface area contributed by atoms with Crippen LogP contribution in [0.2, 0.25) is 0 Å². The van der Waals surface area contributed by atoms with Gasteiger partial charge in [-0.15, -0.1) is 0 Å². The maximum absolute atomic E-state index is 13.4. The molecule has 5 heteroatoms. The first-order chi connectivity index (χ1) is 13.0. The molecule has 0 aromatic heterocycles. The van der Waals surface area contributed by atoms with Gasteiger partial charge < -0.3 is 14.5 Å². The van der Waals surface area contributed by atoms with Gasteiger partial charge in [-0.05, 0) is 50.3 Å². The molecule has 0 aliphatic carbocycles. The van der Waals surface area contributed by atoms with Crippen LogP contribution in [0.5, 0.6) is 5.75 Å². The zero-order chi connectivity index (χ0) is 19.4. The van der Waals surface area contributed by atoms with E-state index >= 15 is 0 Å². The number of ketones is 1. The Bertz CT molecular complexity index is 815. The Morgan fingerprint density at radius 1 is 1.07 bits per heavy atom. The summed E-state index contributed by atoms with van der Waals surface area (Å²) in [4.78, 5) is 30.1. The van der Waals surface area contributed by atoms with Gasteiger partial charge in [0.2, 0.25) is 5.91 Å². The lowest BCUT2D eigenvalue weighted by atomic mass is 9.84. The van der Waals surface area contributed by atoms with E-state index in [0.717, 1.165) is 17.9 Å². The highest BCUT2D eigenvalue weighted by atomic mass is 16.5. The number of hydrogen-bond acceptors (Lipinski definition) is 4. The smallest absolute Gasteiger partial charge is 0.227 e. The summed E-state index contributed by atoms with van der Waals surface area (Å²) in [5.74, 6) is 0.564. The van der Waals surface area contributed by atoms with Crippen molar-refractivity contribution in [2.24, 2.45) is 0 Å². The average molecular weight is 366 g/mol. The number of hydrogen-bond donors (Lipinski definition) is 0. The average Bonchev–Trinajstić information content (AvgIpc) is 2.68.